The van der Waals surface area contributed by atoms with Crippen LogP contribution < -0.4 is 10.5 Å². The van der Waals surface area contributed by atoms with E-state index in [-0.39, 0.29) is 17.4 Å². The lowest BCUT2D eigenvalue weighted by Crippen LogP contribution is -2.43. The summed E-state index contributed by atoms with van der Waals surface area (Å²) in [7, 11) is 0. The van der Waals surface area contributed by atoms with E-state index in [1.807, 2.05) is 23.1 Å². The van der Waals surface area contributed by atoms with Crippen LogP contribution in [0.4, 0.5) is 5.95 Å². The number of nitrogens with zero attached hydrogens (tertiary/aromatic N) is 3. The molecule has 2 aromatic rings. The Bertz CT molecular complexity index is 975. The van der Waals surface area contributed by atoms with Gasteiger partial charge in [0.1, 0.15) is 0 Å². The molecule has 1 saturated carbocycles. The number of piperidine rings is 1. The van der Waals surface area contributed by atoms with E-state index in [0.717, 1.165) is 50.0 Å². The highest BCUT2D eigenvalue weighted by Gasteiger charge is 2.36. The maximum absolute atomic E-state index is 13.7. The summed E-state index contributed by atoms with van der Waals surface area (Å²) < 4.78 is 0. The highest BCUT2D eigenvalue weighted by molar-refractivity contribution is 5.84. The van der Waals surface area contributed by atoms with Crippen molar-refractivity contribution in [3.05, 3.63) is 57.5 Å². The van der Waals surface area contributed by atoms with E-state index in [4.69, 9.17) is 4.98 Å². The molecule has 6 heteroatoms. The third-order valence-corrected chi connectivity index (χ3v) is 7.32. The van der Waals surface area contributed by atoms with Crippen molar-refractivity contribution in [2.24, 2.45) is 5.92 Å². The van der Waals surface area contributed by atoms with E-state index in [9.17, 15) is 9.59 Å². The summed E-state index contributed by atoms with van der Waals surface area (Å²) in [4.78, 5) is 38.5. The van der Waals surface area contributed by atoms with Gasteiger partial charge in [-0.25, -0.2) is 4.98 Å². The summed E-state index contributed by atoms with van der Waals surface area (Å²) in [5.74, 6) is 1.17. The van der Waals surface area contributed by atoms with Gasteiger partial charge in [0.05, 0.1) is 23.7 Å². The molecule has 2 aliphatic heterocycles. The number of hydrogen-bond donors (Lipinski definition) is 1. The Morgan fingerprint density at radius 3 is 2.48 bits per heavy atom. The lowest BCUT2D eigenvalue weighted by Gasteiger charge is -2.34. The second-order valence-corrected chi connectivity index (χ2v) is 9.31. The van der Waals surface area contributed by atoms with E-state index in [1.54, 1.807) is 0 Å². The van der Waals surface area contributed by atoms with Gasteiger partial charge in [0.15, 0.2) is 0 Å². The Kier molecular flexibility index (Phi) is 5.79. The predicted molar refractivity (Wildman–Crippen MR) is 121 cm³/mol. The lowest BCUT2D eigenvalue weighted by atomic mass is 9.83. The molecule has 1 atom stereocenters. The normalized spacial score (nSPS) is 20.5. The first-order chi connectivity index (χ1) is 15.2. The van der Waals surface area contributed by atoms with Crippen LogP contribution in [0.25, 0.3) is 0 Å². The molecule has 1 aromatic heterocycles. The predicted octanol–water partition coefficient (Wildman–Crippen LogP) is 3.62. The molecule has 3 aliphatic rings. The smallest absolute Gasteiger partial charge is 0.257 e. The van der Waals surface area contributed by atoms with Crippen molar-refractivity contribution in [3.8, 4) is 0 Å². The average molecular weight is 421 g/mol. The number of H-pyrrole nitrogens is 1. The number of hydrogen-bond acceptors (Lipinski definition) is 4. The Morgan fingerprint density at radius 2 is 1.74 bits per heavy atom. The van der Waals surface area contributed by atoms with Crippen molar-refractivity contribution in [1.29, 1.82) is 0 Å². The number of benzene rings is 1. The zero-order chi connectivity index (χ0) is 21.2. The highest BCUT2D eigenvalue weighted by atomic mass is 16.2. The molecule has 164 valence electrons. The number of aromatic amines is 1. The van der Waals surface area contributed by atoms with Crippen molar-refractivity contribution in [2.75, 3.05) is 24.5 Å². The second kappa shape index (κ2) is 8.85. The first-order valence-corrected chi connectivity index (χ1v) is 11.9. The molecule has 5 rings (SSSR count). The molecular weight excluding hydrogens is 388 g/mol. The fourth-order valence-electron chi connectivity index (χ4n) is 5.62. The number of carbonyl (C=O) groups excluding carboxylic acids is 1. The van der Waals surface area contributed by atoms with Gasteiger partial charge in [-0.3, -0.25) is 14.6 Å². The molecule has 0 bridgehead atoms. The zero-order valence-electron chi connectivity index (χ0n) is 18.2. The minimum absolute atomic E-state index is 0.0831. The van der Waals surface area contributed by atoms with Crippen molar-refractivity contribution >= 4 is 11.9 Å². The summed E-state index contributed by atoms with van der Waals surface area (Å²) >= 11 is 0. The zero-order valence-corrected chi connectivity index (χ0v) is 18.2. The number of rotatable bonds is 4. The first kappa shape index (κ1) is 20.3. The van der Waals surface area contributed by atoms with Crippen molar-refractivity contribution in [1.82, 2.24) is 14.9 Å². The molecule has 1 unspecified atom stereocenters. The Morgan fingerprint density at radius 1 is 1.00 bits per heavy atom. The van der Waals surface area contributed by atoms with Crippen LogP contribution in [0, 0.1) is 5.92 Å². The second-order valence-electron chi connectivity index (χ2n) is 9.31. The standard InChI is InChI=1S/C25H32N4O2/c30-23-20-17-29(16-13-21(20)26-25(27-23)28-14-7-2-8-15-28)24(31)22(19-11-5-6-12-19)18-9-3-1-4-10-18/h1,3-4,9-10,19,22H,2,5-8,11-17H2,(H,26,27,30). The summed E-state index contributed by atoms with van der Waals surface area (Å²) in [6.07, 6.45) is 8.80. The molecule has 2 fully saturated rings. The molecule has 1 aromatic carbocycles. The van der Waals surface area contributed by atoms with Crippen LogP contribution in [-0.4, -0.2) is 40.4 Å². The number of fused-ring (bicyclic) bond motifs is 1. The molecule has 1 N–H and O–H groups in total. The Balaban J connectivity index is 1.39. The van der Waals surface area contributed by atoms with Gasteiger partial charge < -0.3 is 9.80 Å². The minimum Gasteiger partial charge on any atom is -0.342 e. The van der Waals surface area contributed by atoms with Crippen LogP contribution in [-0.2, 0) is 17.8 Å². The Hall–Kier alpha value is -2.63. The number of aromatic nitrogens is 2. The monoisotopic (exact) mass is 420 g/mol. The van der Waals surface area contributed by atoms with Crippen LogP contribution in [0.15, 0.2) is 35.1 Å². The van der Waals surface area contributed by atoms with E-state index in [2.05, 4.69) is 22.0 Å². The topological polar surface area (TPSA) is 69.3 Å². The number of carbonyl (C=O) groups is 1. The van der Waals surface area contributed by atoms with Gasteiger partial charge in [-0.15, -0.1) is 0 Å². The average Bonchev–Trinajstić information content (AvgIpc) is 3.34. The van der Waals surface area contributed by atoms with Gasteiger partial charge in [-0.1, -0.05) is 43.2 Å². The van der Waals surface area contributed by atoms with Crippen molar-refractivity contribution in [3.63, 3.8) is 0 Å². The van der Waals surface area contributed by atoms with E-state index in [1.165, 1.54) is 19.3 Å². The molecule has 0 spiro atoms. The van der Waals surface area contributed by atoms with E-state index in [0.29, 0.717) is 36.9 Å². The van der Waals surface area contributed by atoms with Crippen LogP contribution in [0.1, 0.15) is 67.7 Å². The van der Waals surface area contributed by atoms with Gasteiger partial charge in [0.2, 0.25) is 11.9 Å². The summed E-state index contributed by atoms with van der Waals surface area (Å²) in [6, 6.07) is 10.2. The largest absolute Gasteiger partial charge is 0.342 e. The third-order valence-electron chi connectivity index (χ3n) is 7.32. The van der Waals surface area contributed by atoms with Crippen molar-refractivity contribution < 1.29 is 4.79 Å². The number of anilines is 1. The summed E-state index contributed by atoms with van der Waals surface area (Å²) in [5, 5.41) is 0. The van der Waals surface area contributed by atoms with E-state index < -0.39 is 0 Å². The molecule has 1 amide bonds. The molecule has 31 heavy (non-hydrogen) atoms. The lowest BCUT2D eigenvalue weighted by molar-refractivity contribution is -0.135. The fourth-order valence-corrected chi connectivity index (χ4v) is 5.62. The van der Waals surface area contributed by atoms with Gasteiger partial charge in [0, 0.05) is 26.1 Å². The van der Waals surface area contributed by atoms with Crippen LogP contribution in [0.3, 0.4) is 0 Å². The maximum Gasteiger partial charge on any atom is 0.257 e. The SMILES string of the molecule is O=C(C(c1ccccc1)C1CCCC1)N1CCc2nc(N3CCCCC3)[nH]c(=O)c2C1. The third kappa shape index (κ3) is 4.12. The Labute approximate surface area is 183 Å². The fraction of sp³-hybridized carbons (Fsp3) is 0.560. The summed E-state index contributed by atoms with van der Waals surface area (Å²) in [5.41, 5.74) is 2.56. The van der Waals surface area contributed by atoms with Crippen LogP contribution >= 0.6 is 0 Å². The highest BCUT2D eigenvalue weighted by Crippen LogP contribution is 2.39. The molecule has 1 aliphatic carbocycles. The number of amides is 1. The van der Waals surface area contributed by atoms with Crippen molar-refractivity contribution in [2.45, 2.75) is 63.8 Å². The van der Waals surface area contributed by atoms with Gasteiger partial charge in [-0.2, -0.15) is 0 Å². The van der Waals surface area contributed by atoms with Gasteiger partial charge >= 0.3 is 0 Å². The summed E-state index contributed by atoms with van der Waals surface area (Å²) in [6.45, 7) is 2.91. The van der Waals surface area contributed by atoms with Gasteiger partial charge in [-0.05, 0) is 43.6 Å². The number of nitrogens with one attached hydrogen (secondary N) is 1. The first-order valence-electron chi connectivity index (χ1n) is 11.9. The molecule has 6 nitrogen and oxygen atoms in total. The quantitative estimate of drug-likeness (QED) is 0.820. The maximum atomic E-state index is 13.7. The molecule has 1 saturated heterocycles. The molecule has 0 radical (unpaired) electrons. The molecular formula is C25H32N4O2. The van der Waals surface area contributed by atoms with Crippen LogP contribution in [0.5, 0.6) is 0 Å². The van der Waals surface area contributed by atoms with Crippen LogP contribution in [0.2, 0.25) is 0 Å². The minimum atomic E-state index is -0.107. The molecule has 3 heterocycles. The van der Waals surface area contributed by atoms with Gasteiger partial charge in [0.25, 0.3) is 5.56 Å². The van der Waals surface area contributed by atoms with E-state index >= 15 is 0 Å².